The van der Waals surface area contributed by atoms with E-state index in [0.717, 1.165) is 16.3 Å². The molecule has 0 fully saturated rings. The number of aromatic nitrogens is 3. The molecule has 0 spiro atoms. The summed E-state index contributed by atoms with van der Waals surface area (Å²) in [5.74, 6) is -1.79. The van der Waals surface area contributed by atoms with E-state index >= 15 is 0 Å². The first-order valence-electron chi connectivity index (χ1n) is 5.78. The summed E-state index contributed by atoms with van der Waals surface area (Å²) in [5, 5.41) is 5.72. The van der Waals surface area contributed by atoms with Crippen LogP contribution in [-0.2, 0) is 18.0 Å². The summed E-state index contributed by atoms with van der Waals surface area (Å²) >= 11 is 0.828. The van der Waals surface area contributed by atoms with Crippen LogP contribution < -0.4 is 5.73 Å². The van der Waals surface area contributed by atoms with Gasteiger partial charge in [-0.2, -0.15) is 13.2 Å². The van der Waals surface area contributed by atoms with E-state index in [9.17, 15) is 18.0 Å². The number of nitrogens with zero attached hydrogens (tertiary/aromatic N) is 3. The largest absolute Gasteiger partial charge is 0.451 e. The Balaban J connectivity index is 2.31. The molecular weight excluding hydrogens is 305 g/mol. The summed E-state index contributed by atoms with van der Waals surface area (Å²) in [4.78, 5) is 11.5. The van der Waals surface area contributed by atoms with Crippen molar-refractivity contribution in [3.63, 3.8) is 0 Å². The van der Waals surface area contributed by atoms with Crippen molar-refractivity contribution in [3.05, 3.63) is 41.7 Å². The quantitative estimate of drug-likeness (QED) is 0.877. The van der Waals surface area contributed by atoms with Crippen LogP contribution in [0, 0.1) is 0 Å². The van der Waals surface area contributed by atoms with E-state index in [1.165, 1.54) is 7.05 Å². The van der Waals surface area contributed by atoms with Crippen LogP contribution >= 0.6 is 11.8 Å². The molecular formula is C12H11F3N4OS. The lowest BCUT2D eigenvalue weighted by molar-refractivity contribution is -0.147. The fourth-order valence-corrected chi connectivity index (χ4v) is 2.64. The molecule has 2 aromatic rings. The van der Waals surface area contributed by atoms with E-state index in [0.29, 0.717) is 5.56 Å². The Morgan fingerprint density at radius 3 is 2.38 bits per heavy atom. The van der Waals surface area contributed by atoms with Crippen LogP contribution in [0.2, 0.25) is 0 Å². The average molecular weight is 316 g/mol. The topological polar surface area (TPSA) is 73.8 Å². The van der Waals surface area contributed by atoms with Crippen molar-refractivity contribution in [1.29, 1.82) is 0 Å². The van der Waals surface area contributed by atoms with Gasteiger partial charge in [0.05, 0.1) is 0 Å². The van der Waals surface area contributed by atoms with Crippen LogP contribution in [0.25, 0.3) is 0 Å². The number of nitrogens with two attached hydrogens (primary N) is 1. The summed E-state index contributed by atoms with van der Waals surface area (Å²) in [6, 6.07) is 8.52. The Hall–Kier alpha value is -2.03. The smallest absolute Gasteiger partial charge is 0.368 e. The van der Waals surface area contributed by atoms with E-state index in [-0.39, 0.29) is 5.16 Å². The first kappa shape index (κ1) is 15.4. The van der Waals surface area contributed by atoms with Crippen LogP contribution in [0.1, 0.15) is 16.6 Å². The number of thioether (sulfide) groups is 1. The molecule has 2 N–H and O–H groups in total. The third-order valence-corrected chi connectivity index (χ3v) is 3.98. The molecule has 1 amide bonds. The van der Waals surface area contributed by atoms with E-state index in [2.05, 4.69) is 10.2 Å². The predicted molar refractivity (Wildman–Crippen MR) is 70.2 cm³/mol. The second-order valence-corrected chi connectivity index (χ2v) is 5.25. The van der Waals surface area contributed by atoms with Gasteiger partial charge in [-0.15, -0.1) is 10.2 Å². The molecule has 21 heavy (non-hydrogen) atoms. The minimum absolute atomic E-state index is 0.0324. The van der Waals surface area contributed by atoms with Crippen LogP contribution in [0.5, 0.6) is 0 Å². The zero-order valence-electron chi connectivity index (χ0n) is 10.8. The molecule has 0 radical (unpaired) electrons. The lowest BCUT2D eigenvalue weighted by Crippen LogP contribution is -2.19. The number of halogens is 3. The SMILES string of the molecule is Cn1c(S[C@H](C(N)=O)c2ccccc2)nnc1C(F)(F)F. The van der Waals surface area contributed by atoms with Gasteiger partial charge in [0.1, 0.15) is 5.25 Å². The fourth-order valence-electron chi connectivity index (χ4n) is 1.69. The molecule has 1 heterocycles. The molecule has 1 aromatic heterocycles. The van der Waals surface area contributed by atoms with Gasteiger partial charge in [-0.1, -0.05) is 42.1 Å². The summed E-state index contributed by atoms with van der Waals surface area (Å²) < 4.78 is 38.8. The molecule has 0 aliphatic rings. The van der Waals surface area contributed by atoms with Gasteiger partial charge in [0.25, 0.3) is 0 Å². The third kappa shape index (κ3) is 3.35. The highest BCUT2D eigenvalue weighted by molar-refractivity contribution is 8.00. The zero-order chi connectivity index (χ0) is 15.6. The Labute approximate surface area is 122 Å². The van der Waals surface area contributed by atoms with Crippen LogP contribution in [0.3, 0.4) is 0 Å². The van der Waals surface area contributed by atoms with Crippen molar-refractivity contribution < 1.29 is 18.0 Å². The van der Waals surface area contributed by atoms with Crippen molar-refractivity contribution in [2.24, 2.45) is 12.8 Å². The second-order valence-electron chi connectivity index (χ2n) is 4.17. The van der Waals surface area contributed by atoms with Crippen molar-refractivity contribution in [2.45, 2.75) is 16.6 Å². The molecule has 0 aliphatic carbocycles. The van der Waals surface area contributed by atoms with Gasteiger partial charge in [0.15, 0.2) is 5.16 Å². The minimum Gasteiger partial charge on any atom is -0.368 e. The lowest BCUT2D eigenvalue weighted by Gasteiger charge is -2.13. The maximum Gasteiger partial charge on any atom is 0.451 e. The van der Waals surface area contributed by atoms with Crippen LogP contribution in [-0.4, -0.2) is 20.7 Å². The summed E-state index contributed by atoms with van der Waals surface area (Å²) in [5.41, 5.74) is 5.91. The first-order valence-corrected chi connectivity index (χ1v) is 6.66. The maximum absolute atomic E-state index is 12.7. The Morgan fingerprint density at radius 2 is 1.90 bits per heavy atom. The molecule has 0 saturated heterocycles. The second kappa shape index (κ2) is 5.76. The van der Waals surface area contributed by atoms with Gasteiger partial charge in [0, 0.05) is 7.05 Å². The van der Waals surface area contributed by atoms with E-state index < -0.39 is 23.2 Å². The van der Waals surface area contributed by atoms with Crippen molar-refractivity contribution >= 4 is 17.7 Å². The highest BCUT2D eigenvalue weighted by atomic mass is 32.2. The predicted octanol–water partition coefficient (Wildman–Crippen LogP) is 2.15. The molecule has 0 saturated carbocycles. The summed E-state index contributed by atoms with van der Waals surface area (Å²) in [6.07, 6.45) is -4.60. The molecule has 0 bridgehead atoms. The van der Waals surface area contributed by atoms with E-state index in [1.807, 2.05) is 0 Å². The molecule has 0 aliphatic heterocycles. The van der Waals surface area contributed by atoms with Gasteiger partial charge in [0.2, 0.25) is 11.7 Å². The molecule has 1 atom stereocenters. The van der Waals surface area contributed by atoms with Gasteiger partial charge in [-0.05, 0) is 5.56 Å². The van der Waals surface area contributed by atoms with E-state index in [1.54, 1.807) is 30.3 Å². The Kier molecular flexibility index (Phi) is 4.21. The summed E-state index contributed by atoms with van der Waals surface area (Å²) in [7, 11) is 1.19. The average Bonchev–Trinajstić information content (AvgIpc) is 2.77. The molecule has 2 rings (SSSR count). The molecule has 1 aromatic carbocycles. The van der Waals surface area contributed by atoms with Crippen LogP contribution in [0.15, 0.2) is 35.5 Å². The van der Waals surface area contributed by atoms with E-state index in [4.69, 9.17) is 5.73 Å². The van der Waals surface area contributed by atoms with Gasteiger partial charge < -0.3 is 10.3 Å². The standard InChI is InChI=1S/C12H11F3N4OS/c1-19-10(12(13,14)15)17-18-11(19)21-8(9(16)20)7-5-3-2-4-6-7/h2-6,8H,1H3,(H2,16,20)/t8-/m0/s1. The fraction of sp³-hybridized carbons (Fsp3) is 0.250. The van der Waals surface area contributed by atoms with Crippen molar-refractivity contribution in [1.82, 2.24) is 14.8 Å². The maximum atomic E-state index is 12.7. The highest BCUT2D eigenvalue weighted by Crippen LogP contribution is 2.36. The number of carbonyl (C=O) groups is 1. The minimum atomic E-state index is -4.60. The Morgan fingerprint density at radius 1 is 1.29 bits per heavy atom. The molecule has 9 heteroatoms. The van der Waals surface area contributed by atoms with Crippen molar-refractivity contribution in [3.8, 4) is 0 Å². The van der Waals surface area contributed by atoms with Crippen LogP contribution in [0.4, 0.5) is 13.2 Å². The number of carbonyl (C=O) groups excluding carboxylic acids is 1. The number of hydrogen-bond donors (Lipinski definition) is 1. The summed E-state index contributed by atoms with van der Waals surface area (Å²) in [6.45, 7) is 0. The number of hydrogen-bond acceptors (Lipinski definition) is 4. The van der Waals surface area contributed by atoms with Gasteiger partial charge in [-0.25, -0.2) is 0 Å². The van der Waals surface area contributed by atoms with Crippen molar-refractivity contribution in [2.75, 3.05) is 0 Å². The molecule has 0 unspecified atom stereocenters. The highest BCUT2D eigenvalue weighted by Gasteiger charge is 2.38. The van der Waals surface area contributed by atoms with Gasteiger partial charge >= 0.3 is 6.18 Å². The number of amides is 1. The third-order valence-electron chi connectivity index (χ3n) is 2.67. The number of alkyl halides is 3. The van der Waals surface area contributed by atoms with Gasteiger partial charge in [-0.3, -0.25) is 4.79 Å². The molecule has 112 valence electrons. The zero-order valence-corrected chi connectivity index (χ0v) is 11.6. The normalized spacial score (nSPS) is 13.1. The lowest BCUT2D eigenvalue weighted by atomic mass is 10.1. The number of benzene rings is 1. The monoisotopic (exact) mass is 316 g/mol. The first-order chi connectivity index (χ1) is 9.80. The molecule has 5 nitrogen and oxygen atoms in total. The Bertz CT molecular complexity index is 642. The number of rotatable bonds is 4. The number of primary amides is 1.